The van der Waals surface area contributed by atoms with Crippen molar-refractivity contribution in [3.05, 3.63) is 29.6 Å². The molecule has 2 saturated heterocycles. The van der Waals surface area contributed by atoms with Crippen LogP contribution in [0.2, 0.25) is 0 Å². The molecule has 0 saturated carbocycles. The van der Waals surface area contributed by atoms with Crippen molar-refractivity contribution in [2.24, 2.45) is 5.92 Å². The second-order valence-corrected chi connectivity index (χ2v) is 6.14. The third-order valence-electron chi connectivity index (χ3n) is 4.57. The number of hydrogen-bond acceptors (Lipinski definition) is 4. The molecule has 5 nitrogen and oxygen atoms in total. The van der Waals surface area contributed by atoms with Crippen LogP contribution in [0.5, 0.6) is 0 Å². The summed E-state index contributed by atoms with van der Waals surface area (Å²) in [6, 6.07) is 3.85. The standard InChI is InChI=1S/C16H22N2O3/c1-12-2-3-14(17-10-12)16(20)5-7-18(8-6-16)15(19)13-4-9-21-11-13/h2-3,10,13,20H,4-9,11H2,1H3/t13-/m0/s1. The van der Waals surface area contributed by atoms with Gasteiger partial charge in [-0.15, -0.1) is 0 Å². The Morgan fingerprint density at radius 3 is 2.76 bits per heavy atom. The molecule has 2 aliphatic heterocycles. The molecule has 0 unspecified atom stereocenters. The molecule has 0 bridgehead atoms. The quantitative estimate of drug-likeness (QED) is 0.890. The lowest BCUT2D eigenvalue weighted by atomic mass is 9.87. The van der Waals surface area contributed by atoms with Crippen molar-refractivity contribution in [1.82, 2.24) is 9.88 Å². The number of rotatable bonds is 2. The molecular formula is C16H22N2O3. The number of likely N-dealkylation sites (tertiary alicyclic amines) is 1. The number of amides is 1. The molecule has 0 radical (unpaired) electrons. The van der Waals surface area contributed by atoms with E-state index in [0.29, 0.717) is 44.8 Å². The predicted molar refractivity (Wildman–Crippen MR) is 77.6 cm³/mol. The zero-order valence-corrected chi connectivity index (χ0v) is 12.4. The van der Waals surface area contributed by atoms with Gasteiger partial charge in [0.1, 0.15) is 5.60 Å². The fourth-order valence-electron chi connectivity index (χ4n) is 3.08. The molecule has 1 aromatic heterocycles. The molecule has 21 heavy (non-hydrogen) atoms. The average Bonchev–Trinajstić information content (AvgIpc) is 3.02. The highest BCUT2D eigenvalue weighted by molar-refractivity contribution is 5.79. The first-order chi connectivity index (χ1) is 10.1. The molecule has 0 aliphatic carbocycles. The lowest BCUT2D eigenvalue weighted by molar-refractivity contribution is -0.140. The van der Waals surface area contributed by atoms with Gasteiger partial charge in [0, 0.05) is 25.9 Å². The lowest BCUT2D eigenvalue weighted by Crippen LogP contribution is -2.47. The Bertz CT molecular complexity index is 501. The first-order valence-electron chi connectivity index (χ1n) is 7.60. The number of nitrogens with zero attached hydrogens (tertiary/aromatic N) is 2. The minimum Gasteiger partial charge on any atom is -0.383 e. The number of pyridine rings is 1. The van der Waals surface area contributed by atoms with Gasteiger partial charge in [0.15, 0.2) is 0 Å². The third kappa shape index (κ3) is 2.94. The van der Waals surface area contributed by atoms with Gasteiger partial charge < -0.3 is 14.7 Å². The van der Waals surface area contributed by atoms with Gasteiger partial charge in [0.2, 0.25) is 5.91 Å². The van der Waals surface area contributed by atoms with Gasteiger partial charge in [-0.1, -0.05) is 6.07 Å². The summed E-state index contributed by atoms with van der Waals surface area (Å²) in [4.78, 5) is 18.6. The maximum absolute atomic E-state index is 12.3. The molecule has 5 heteroatoms. The lowest BCUT2D eigenvalue weighted by Gasteiger charge is -2.38. The number of carbonyl (C=O) groups excluding carboxylic acids is 1. The molecule has 2 fully saturated rings. The monoisotopic (exact) mass is 290 g/mol. The predicted octanol–water partition coefficient (Wildman–Crippen LogP) is 1.24. The van der Waals surface area contributed by atoms with Crippen LogP contribution in [0.15, 0.2) is 18.3 Å². The van der Waals surface area contributed by atoms with Crippen molar-refractivity contribution in [2.45, 2.75) is 31.8 Å². The Kier molecular flexibility index (Phi) is 3.95. The molecule has 114 valence electrons. The van der Waals surface area contributed by atoms with Crippen molar-refractivity contribution in [3.63, 3.8) is 0 Å². The fraction of sp³-hybridized carbons (Fsp3) is 0.625. The second-order valence-electron chi connectivity index (χ2n) is 6.14. The van der Waals surface area contributed by atoms with Gasteiger partial charge in [0.25, 0.3) is 0 Å². The number of hydrogen-bond donors (Lipinski definition) is 1. The van der Waals surface area contributed by atoms with E-state index >= 15 is 0 Å². The van der Waals surface area contributed by atoms with Crippen molar-refractivity contribution in [1.29, 1.82) is 0 Å². The average molecular weight is 290 g/mol. The topological polar surface area (TPSA) is 62.7 Å². The molecule has 0 spiro atoms. The van der Waals surface area contributed by atoms with Gasteiger partial charge in [-0.3, -0.25) is 9.78 Å². The van der Waals surface area contributed by atoms with Crippen molar-refractivity contribution in [2.75, 3.05) is 26.3 Å². The van der Waals surface area contributed by atoms with Gasteiger partial charge in [-0.2, -0.15) is 0 Å². The molecule has 3 rings (SSSR count). The highest BCUT2D eigenvalue weighted by Gasteiger charge is 2.38. The van der Waals surface area contributed by atoms with Crippen LogP contribution in [0, 0.1) is 12.8 Å². The molecule has 1 atom stereocenters. The van der Waals surface area contributed by atoms with E-state index in [0.717, 1.165) is 12.0 Å². The van der Waals surface area contributed by atoms with E-state index in [1.54, 1.807) is 6.20 Å². The number of ether oxygens (including phenoxy) is 1. The molecule has 1 N–H and O–H groups in total. The van der Waals surface area contributed by atoms with Gasteiger partial charge in [0.05, 0.1) is 18.2 Å². The summed E-state index contributed by atoms with van der Waals surface area (Å²) in [7, 11) is 0. The molecule has 2 aliphatic rings. The van der Waals surface area contributed by atoms with E-state index in [9.17, 15) is 9.90 Å². The van der Waals surface area contributed by atoms with Crippen molar-refractivity contribution < 1.29 is 14.6 Å². The van der Waals surface area contributed by atoms with E-state index in [2.05, 4.69) is 4.98 Å². The van der Waals surface area contributed by atoms with Crippen LogP contribution in [0.1, 0.15) is 30.5 Å². The Balaban J connectivity index is 1.63. The largest absolute Gasteiger partial charge is 0.383 e. The first kappa shape index (κ1) is 14.5. The minimum absolute atomic E-state index is 0.00805. The number of piperidine rings is 1. The Morgan fingerprint density at radius 2 is 2.19 bits per heavy atom. The van der Waals surface area contributed by atoms with Crippen LogP contribution < -0.4 is 0 Å². The highest BCUT2D eigenvalue weighted by Crippen LogP contribution is 2.32. The van der Waals surface area contributed by atoms with E-state index in [4.69, 9.17) is 4.74 Å². The Labute approximate surface area is 124 Å². The van der Waals surface area contributed by atoms with E-state index in [1.165, 1.54) is 0 Å². The zero-order chi connectivity index (χ0) is 14.9. The van der Waals surface area contributed by atoms with Crippen LogP contribution >= 0.6 is 0 Å². The SMILES string of the molecule is Cc1ccc(C2(O)CCN(C(=O)[C@H]3CCOC3)CC2)nc1. The van der Waals surface area contributed by atoms with Crippen LogP contribution in [-0.2, 0) is 15.1 Å². The summed E-state index contributed by atoms with van der Waals surface area (Å²) in [5.41, 5.74) is 0.886. The van der Waals surface area contributed by atoms with Gasteiger partial charge in [-0.25, -0.2) is 0 Å². The third-order valence-corrected chi connectivity index (χ3v) is 4.57. The van der Waals surface area contributed by atoms with E-state index in [1.807, 2.05) is 24.0 Å². The van der Waals surface area contributed by atoms with Crippen LogP contribution in [-0.4, -0.2) is 47.2 Å². The van der Waals surface area contributed by atoms with Crippen molar-refractivity contribution in [3.8, 4) is 0 Å². The van der Waals surface area contributed by atoms with E-state index in [-0.39, 0.29) is 11.8 Å². The van der Waals surface area contributed by atoms with E-state index < -0.39 is 5.60 Å². The summed E-state index contributed by atoms with van der Waals surface area (Å²) < 4.78 is 5.28. The molecule has 0 aromatic carbocycles. The summed E-state index contributed by atoms with van der Waals surface area (Å²) in [6.45, 7) is 4.37. The van der Waals surface area contributed by atoms with Gasteiger partial charge in [-0.05, 0) is 37.8 Å². The number of aliphatic hydroxyl groups is 1. The number of aromatic nitrogens is 1. The Hall–Kier alpha value is -1.46. The van der Waals surface area contributed by atoms with Crippen LogP contribution in [0.3, 0.4) is 0 Å². The van der Waals surface area contributed by atoms with Crippen LogP contribution in [0.4, 0.5) is 0 Å². The summed E-state index contributed by atoms with van der Waals surface area (Å²) >= 11 is 0. The van der Waals surface area contributed by atoms with Crippen molar-refractivity contribution >= 4 is 5.91 Å². The molecule has 3 heterocycles. The smallest absolute Gasteiger partial charge is 0.228 e. The van der Waals surface area contributed by atoms with Gasteiger partial charge >= 0.3 is 0 Å². The fourth-order valence-corrected chi connectivity index (χ4v) is 3.08. The summed E-state index contributed by atoms with van der Waals surface area (Å²) in [5.74, 6) is 0.181. The molecular weight excluding hydrogens is 268 g/mol. The molecule has 1 aromatic rings. The maximum atomic E-state index is 12.3. The molecule has 1 amide bonds. The summed E-state index contributed by atoms with van der Waals surface area (Å²) in [5, 5.41) is 10.8. The number of aryl methyl sites for hydroxylation is 1. The number of carbonyl (C=O) groups is 1. The first-order valence-corrected chi connectivity index (χ1v) is 7.60. The zero-order valence-electron chi connectivity index (χ0n) is 12.4. The highest BCUT2D eigenvalue weighted by atomic mass is 16.5. The van der Waals surface area contributed by atoms with Crippen LogP contribution in [0.25, 0.3) is 0 Å². The minimum atomic E-state index is -0.906. The Morgan fingerprint density at radius 1 is 1.43 bits per heavy atom. The normalized spacial score (nSPS) is 25.0. The second kappa shape index (κ2) is 5.73. The summed E-state index contributed by atoms with van der Waals surface area (Å²) in [6.07, 6.45) is 3.69. The maximum Gasteiger partial charge on any atom is 0.228 e.